The molecule has 2 N–H and O–H groups in total. The van der Waals surface area contributed by atoms with E-state index in [1.807, 2.05) is 32.9 Å². The van der Waals surface area contributed by atoms with E-state index in [0.717, 1.165) is 35.2 Å². The maximum Gasteiger partial charge on any atom is 0.239 e. The first-order valence-corrected chi connectivity index (χ1v) is 7.42. The SMILES string of the molecule is Cc1cc(C)c(NC(=O)C(C)(C)C(=O)NC2CC2)c(C)c1. The Hall–Kier alpha value is -1.84. The first kappa shape index (κ1) is 15.5. The van der Waals surface area contributed by atoms with Gasteiger partial charge in [0.15, 0.2) is 0 Å². The Bertz CT molecular complexity index is 563. The van der Waals surface area contributed by atoms with E-state index >= 15 is 0 Å². The number of hydrogen-bond acceptors (Lipinski definition) is 2. The second-order valence-electron chi connectivity index (χ2n) is 6.60. The van der Waals surface area contributed by atoms with Crippen LogP contribution in [0.5, 0.6) is 0 Å². The molecule has 0 aliphatic heterocycles. The van der Waals surface area contributed by atoms with E-state index in [4.69, 9.17) is 0 Å². The molecule has 2 rings (SSSR count). The minimum atomic E-state index is -1.08. The zero-order valence-corrected chi connectivity index (χ0v) is 13.5. The van der Waals surface area contributed by atoms with Crippen LogP contribution in [0.25, 0.3) is 0 Å². The van der Waals surface area contributed by atoms with Gasteiger partial charge >= 0.3 is 0 Å². The number of benzene rings is 1. The molecule has 4 nitrogen and oxygen atoms in total. The van der Waals surface area contributed by atoms with Crippen LogP contribution in [0.2, 0.25) is 0 Å². The molecule has 0 radical (unpaired) electrons. The normalized spacial score (nSPS) is 14.7. The smallest absolute Gasteiger partial charge is 0.239 e. The van der Waals surface area contributed by atoms with Crippen LogP contribution in [-0.4, -0.2) is 17.9 Å². The molecule has 0 unspecified atom stereocenters. The zero-order valence-electron chi connectivity index (χ0n) is 13.5. The molecule has 1 saturated carbocycles. The fourth-order valence-corrected chi connectivity index (χ4v) is 2.34. The molecule has 1 aliphatic rings. The van der Waals surface area contributed by atoms with E-state index in [0.29, 0.717) is 0 Å². The summed E-state index contributed by atoms with van der Waals surface area (Å²) < 4.78 is 0. The second-order valence-corrected chi connectivity index (χ2v) is 6.60. The standard InChI is InChI=1S/C17H24N2O2/c1-10-8-11(2)14(12(3)9-10)19-16(21)17(4,5)15(20)18-13-6-7-13/h8-9,13H,6-7H2,1-5H3,(H,18,20)(H,19,21). The van der Waals surface area contributed by atoms with Gasteiger partial charge in [0, 0.05) is 11.7 Å². The van der Waals surface area contributed by atoms with Gasteiger partial charge in [-0.3, -0.25) is 9.59 Å². The zero-order chi connectivity index (χ0) is 15.8. The molecular weight excluding hydrogens is 264 g/mol. The number of carbonyl (C=O) groups excluding carboxylic acids is 2. The Labute approximate surface area is 126 Å². The summed E-state index contributed by atoms with van der Waals surface area (Å²) in [4.78, 5) is 24.7. The predicted octanol–water partition coefficient (Wildman–Crippen LogP) is 2.86. The van der Waals surface area contributed by atoms with Crippen molar-refractivity contribution in [3.05, 3.63) is 28.8 Å². The fraction of sp³-hybridized carbons (Fsp3) is 0.529. The predicted molar refractivity (Wildman–Crippen MR) is 84.2 cm³/mol. The van der Waals surface area contributed by atoms with Crippen LogP contribution in [0.4, 0.5) is 5.69 Å². The first-order chi connectivity index (χ1) is 9.71. The van der Waals surface area contributed by atoms with Crippen LogP contribution < -0.4 is 10.6 Å². The van der Waals surface area contributed by atoms with Crippen molar-refractivity contribution in [3.8, 4) is 0 Å². The molecule has 4 heteroatoms. The molecule has 114 valence electrons. The topological polar surface area (TPSA) is 58.2 Å². The number of anilines is 1. The monoisotopic (exact) mass is 288 g/mol. The van der Waals surface area contributed by atoms with E-state index in [9.17, 15) is 9.59 Å². The molecule has 0 saturated heterocycles. The second kappa shape index (κ2) is 5.51. The van der Waals surface area contributed by atoms with Crippen LogP contribution in [0, 0.1) is 26.2 Å². The summed E-state index contributed by atoms with van der Waals surface area (Å²) in [5, 5.41) is 5.82. The highest BCUT2D eigenvalue weighted by Gasteiger charge is 2.39. The molecular formula is C17H24N2O2. The highest BCUT2D eigenvalue weighted by molar-refractivity contribution is 6.10. The molecule has 2 amide bonds. The van der Waals surface area contributed by atoms with Crippen LogP contribution in [0.1, 0.15) is 43.4 Å². The lowest BCUT2D eigenvalue weighted by atomic mass is 9.90. The fourth-order valence-electron chi connectivity index (χ4n) is 2.34. The summed E-state index contributed by atoms with van der Waals surface area (Å²) in [7, 11) is 0. The van der Waals surface area contributed by atoms with Crippen molar-refractivity contribution >= 4 is 17.5 Å². The molecule has 1 fully saturated rings. The Morgan fingerprint density at radius 3 is 2.05 bits per heavy atom. The van der Waals surface area contributed by atoms with Crippen LogP contribution in [-0.2, 0) is 9.59 Å². The molecule has 0 bridgehead atoms. The maximum atomic E-state index is 12.5. The molecule has 0 spiro atoms. The molecule has 1 aromatic carbocycles. The van der Waals surface area contributed by atoms with Gasteiger partial charge in [0.25, 0.3) is 0 Å². The number of carbonyl (C=O) groups is 2. The first-order valence-electron chi connectivity index (χ1n) is 7.42. The van der Waals surface area contributed by atoms with Crippen molar-refractivity contribution in [3.63, 3.8) is 0 Å². The Morgan fingerprint density at radius 1 is 1.05 bits per heavy atom. The van der Waals surface area contributed by atoms with Crippen molar-refractivity contribution in [1.29, 1.82) is 0 Å². The summed E-state index contributed by atoms with van der Waals surface area (Å²) in [6.45, 7) is 9.29. The maximum absolute atomic E-state index is 12.5. The van der Waals surface area contributed by atoms with Gasteiger partial charge in [-0.05, 0) is 58.6 Å². The van der Waals surface area contributed by atoms with Gasteiger partial charge in [0.2, 0.25) is 11.8 Å². The van der Waals surface area contributed by atoms with E-state index in [-0.39, 0.29) is 17.9 Å². The van der Waals surface area contributed by atoms with E-state index < -0.39 is 5.41 Å². The highest BCUT2D eigenvalue weighted by Crippen LogP contribution is 2.27. The molecule has 0 atom stereocenters. The van der Waals surface area contributed by atoms with Crippen molar-refractivity contribution in [1.82, 2.24) is 5.32 Å². The largest absolute Gasteiger partial charge is 0.352 e. The lowest BCUT2D eigenvalue weighted by molar-refractivity contribution is -0.138. The van der Waals surface area contributed by atoms with Gasteiger partial charge < -0.3 is 10.6 Å². The Balaban J connectivity index is 2.14. The van der Waals surface area contributed by atoms with Gasteiger partial charge in [-0.25, -0.2) is 0 Å². The van der Waals surface area contributed by atoms with Gasteiger partial charge in [0.1, 0.15) is 5.41 Å². The van der Waals surface area contributed by atoms with Crippen molar-refractivity contribution in [2.24, 2.45) is 5.41 Å². The highest BCUT2D eigenvalue weighted by atomic mass is 16.2. The average molecular weight is 288 g/mol. The Kier molecular flexibility index (Phi) is 4.08. The molecule has 1 aliphatic carbocycles. The van der Waals surface area contributed by atoms with Crippen LogP contribution in [0.15, 0.2) is 12.1 Å². The van der Waals surface area contributed by atoms with E-state index in [1.165, 1.54) is 0 Å². The molecule has 0 aromatic heterocycles. The summed E-state index contributed by atoms with van der Waals surface area (Å²) in [5.74, 6) is -0.472. The van der Waals surface area contributed by atoms with E-state index in [1.54, 1.807) is 13.8 Å². The number of hydrogen-bond donors (Lipinski definition) is 2. The van der Waals surface area contributed by atoms with Crippen molar-refractivity contribution in [2.45, 2.75) is 53.5 Å². The third kappa shape index (κ3) is 3.43. The Morgan fingerprint density at radius 2 is 1.57 bits per heavy atom. The summed E-state index contributed by atoms with van der Waals surface area (Å²) in [6, 6.07) is 4.31. The van der Waals surface area contributed by atoms with Gasteiger partial charge in [-0.15, -0.1) is 0 Å². The molecule has 21 heavy (non-hydrogen) atoms. The number of rotatable bonds is 4. The molecule has 1 aromatic rings. The summed E-state index contributed by atoms with van der Waals surface area (Å²) in [5.41, 5.74) is 2.91. The minimum Gasteiger partial charge on any atom is -0.352 e. The third-order valence-electron chi connectivity index (χ3n) is 3.96. The van der Waals surface area contributed by atoms with Gasteiger partial charge in [-0.2, -0.15) is 0 Å². The molecule has 0 heterocycles. The van der Waals surface area contributed by atoms with Crippen LogP contribution in [0.3, 0.4) is 0 Å². The lowest BCUT2D eigenvalue weighted by Crippen LogP contribution is -2.46. The van der Waals surface area contributed by atoms with Crippen LogP contribution >= 0.6 is 0 Å². The minimum absolute atomic E-state index is 0.204. The number of amides is 2. The van der Waals surface area contributed by atoms with E-state index in [2.05, 4.69) is 10.6 Å². The average Bonchev–Trinajstić information content (AvgIpc) is 3.17. The van der Waals surface area contributed by atoms with Gasteiger partial charge in [0.05, 0.1) is 0 Å². The van der Waals surface area contributed by atoms with Crippen molar-refractivity contribution in [2.75, 3.05) is 5.32 Å². The quantitative estimate of drug-likeness (QED) is 0.837. The number of aryl methyl sites for hydroxylation is 3. The lowest BCUT2D eigenvalue weighted by Gasteiger charge is -2.24. The van der Waals surface area contributed by atoms with Gasteiger partial charge in [-0.1, -0.05) is 17.7 Å². The number of nitrogens with one attached hydrogen (secondary N) is 2. The third-order valence-corrected chi connectivity index (χ3v) is 3.96. The summed E-state index contributed by atoms with van der Waals surface area (Å²) >= 11 is 0. The summed E-state index contributed by atoms with van der Waals surface area (Å²) in [6.07, 6.45) is 2.03. The van der Waals surface area contributed by atoms with Crippen molar-refractivity contribution < 1.29 is 9.59 Å².